The van der Waals surface area contributed by atoms with E-state index in [9.17, 15) is 4.79 Å². The second kappa shape index (κ2) is 7.01. The highest BCUT2D eigenvalue weighted by molar-refractivity contribution is 6.30. The third kappa shape index (κ3) is 4.53. The van der Waals surface area contributed by atoms with Crippen LogP contribution in [0.4, 0.5) is 4.79 Å². The summed E-state index contributed by atoms with van der Waals surface area (Å²) in [5.41, 5.74) is 0.996. The molecule has 2 N–H and O–H groups in total. The number of amides is 2. The largest absolute Gasteiger partial charge is 0.494 e. The van der Waals surface area contributed by atoms with Gasteiger partial charge in [0.15, 0.2) is 0 Å². The number of carbonyl (C=O) groups excluding carboxylic acids is 1. The first-order valence-electron chi connectivity index (χ1n) is 5.54. The lowest BCUT2D eigenvalue weighted by atomic mass is 10.1. The molecule has 0 heterocycles. The number of nitrogens with one attached hydrogen (secondary N) is 2. The van der Waals surface area contributed by atoms with Crippen LogP contribution in [0.15, 0.2) is 18.2 Å². The molecule has 5 heteroatoms. The molecule has 17 heavy (non-hydrogen) atoms. The number of benzene rings is 1. The Hall–Kier alpha value is -1.42. The molecular weight excluding hydrogens is 240 g/mol. The standard InChI is InChI=1S/C12H17ClN2O2/c1-3-17-11-5-4-10(13)8-9(11)6-7-15-12(16)14-2/h4-5,8H,3,6-7H2,1-2H3,(H2,14,15,16). The summed E-state index contributed by atoms with van der Waals surface area (Å²) in [5.74, 6) is 0.815. The van der Waals surface area contributed by atoms with Gasteiger partial charge in [0.2, 0.25) is 0 Å². The minimum Gasteiger partial charge on any atom is -0.494 e. The molecule has 0 atom stereocenters. The van der Waals surface area contributed by atoms with Gasteiger partial charge in [0.1, 0.15) is 5.75 Å². The van der Waals surface area contributed by atoms with Crippen molar-refractivity contribution < 1.29 is 9.53 Å². The molecule has 0 radical (unpaired) electrons. The lowest BCUT2D eigenvalue weighted by Crippen LogP contribution is -2.34. The lowest BCUT2D eigenvalue weighted by Gasteiger charge is -2.11. The number of hydrogen-bond acceptors (Lipinski definition) is 2. The minimum absolute atomic E-state index is 0.190. The van der Waals surface area contributed by atoms with E-state index in [1.807, 2.05) is 19.1 Å². The van der Waals surface area contributed by atoms with Crippen LogP contribution in [0.2, 0.25) is 5.02 Å². The van der Waals surface area contributed by atoms with E-state index in [4.69, 9.17) is 16.3 Å². The smallest absolute Gasteiger partial charge is 0.314 e. The maximum Gasteiger partial charge on any atom is 0.314 e. The lowest BCUT2D eigenvalue weighted by molar-refractivity contribution is 0.243. The molecule has 0 saturated carbocycles. The first-order valence-corrected chi connectivity index (χ1v) is 5.92. The fourth-order valence-electron chi connectivity index (χ4n) is 1.44. The van der Waals surface area contributed by atoms with Gasteiger partial charge >= 0.3 is 6.03 Å². The van der Waals surface area contributed by atoms with Crippen LogP contribution >= 0.6 is 11.6 Å². The van der Waals surface area contributed by atoms with Gasteiger partial charge in [0, 0.05) is 18.6 Å². The van der Waals surface area contributed by atoms with Crippen LogP contribution in [0.3, 0.4) is 0 Å². The third-order valence-electron chi connectivity index (χ3n) is 2.23. The molecule has 0 aliphatic rings. The molecule has 0 aromatic heterocycles. The molecule has 0 unspecified atom stereocenters. The summed E-state index contributed by atoms with van der Waals surface area (Å²) >= 11 is 5.93. The summed E-state index contributed by atoms with van der Waals surface area (Å²) in [4.78, 5) is 11.0. The van der Waals surface area contributed by atoms with Gasteiger partial charge < -0.3 is 15.4 Å². The summed E-state index contributed by atoms with van der Waals surface area (Å²) in [7, 11) is 1.58. The van der Waals surface area contributed by atoms with E-state index in [-0.39, 0.29) is 6.03 Å². The number of carbonyl (C=O) groups is 1. The monoisotopic (exact) mass is 256 g/mol. The first-order chi connectivity index (χ1) is 8.17. The Bertz CT molecular complexity index is 383. The Morgan fingerprint density at radius 1 is 1.47 bits per heavy atom. The summed E-state index contributed by atoms with van der Waals surface area (Å²) < 4.78 is 5.49. The van der Waals surface area contributed by atoms with Gasteiger partial charge in [-0.2, -0.15) is 0 Å². The highest BCUT2D eigenvalue weighted by atomic mass is 35.5. The predicted octanol–water partition coefficient (Wildman–Crippen LogP) is 2.21. The topological polar surface area (TPSA) is 50.4 Å². The first kappa shape index (κ1) is 13.6. The van der Waals surface area contributed by atoms with E-state index in [1.165, 1.54) is 0 Å². The number of hydrogen-bond donors (Lipinski definition) is 2. The van der Waals surface area contributed by atoms with Crippen LogP contribution < -0.4 is 15.4 Å². The fraction of sp³-hybridized carbons (Fsp3) is 0.417. The average Bonchev–Trinajstić information content (AvgIpc) is 2.32. The Kier molecular flexibility index (Phi) is 5.63. The second-order valence-electron chi connectivity index (χ2n) is 3.44. The van der Waals surface area contributed by atoms with Crippen LogP contribution in [-0.4, -0.2) is 26.2 Å². The van der Waals surface area contributed by atoms with Crippen molar-refractivity contribution in [2.45, 2.75) is 13.3 Å². The minimum atomic E-state index is -0.190. The zero-order chi connectivity index (χ0) is 12.7. The average molecular weight is 257 g/mol. The molecule has 0 spiro atoms. The maximum absolute atomic E-state index is 11.0. The zero-order valence-electron chi connectivity index (χ0n) is 10.0. The number of rotatable bonds is 5. The molecule has 2 amide bonds. The number of urea groups is 1. The number of halogens is 1. The maximum atomic E-state index is 11.0. The Labute approximate surface area is 106 Å². The van der Waals surface area contributed by atoms with Crippen LogP contribution in [0.1, 0.15) is 12.5 Å². The normalized spacial score (nSPS) is 9.82. The summed E-state index contributed by atoms with van der Waals surface area (Å²) in [6, 6.07) is 5.31. The van der Waals surface area contributed by atoms with Gasteiger partial charge in [0.05, 0.1) is 6.61 Å². The van der Waals surface area contributed by atoms with Crippen molar-refractivity contribution in [2.24, 2.45) is 0 Å². The van der Waals surface area contributed by atoms with Crippen molar-refractivity contribution in [1.29, 1.82) is 0 Å². The van der Waals surface area contributed by atoms with E-state index in [1.54, 1.807) is 13.1 Å². The fourth-order valence-corrected chi connectivity index (χ4v) is 1.63. The summed E-state index contributed by atoms with van der Waals surface area (Å²) in [6.45, 7) is 3.08. The highest BCUT2D eigenvalue weighted by Gasteiger charge is 2.05. The highest BCUT2D eigenvalue weighted by Crippen LogP contribution is 2.23. The molecule has 1 aromatic carbocycles. The Morgan fingerprint density at radius 2 is 2.24 bits per heavy atom. The van der Waals surface area contributed by atoms with Crippen LogP contribution in [0.25, 0.3) is 0 Å². The zero-order valence-corrected chi connectivity index (χ0v) is 10.8. The molecule has 0 bridgehead atoms. The van der Waals surface area contributed by atoms with Crippen molar-refractivity contribution in [1.82, 2.24) is 10.6 Å². The van der Waals surface area contributed by atoms with Gasteiger partial charge in [-0.3, -0.25) is 0 Å². The predicted molar refractivity (Wildman–Crippen MR) is 68.8 cm³/mol. The van der Waals surface area contributed by atoms with Crippen molar-refractivity contribution in [2.75, 3.05) is 20.2 Å². The number of ether oxygens (including phenoxy) is 1. The van der Waals surface area contributed by atoms with Crippen LogP contribution in [0.5, 0.6) is 5.75 Å². The van der Waals surface area contributed by atoms with E-state index < -0.39 is 0 Å². The van der Waals surface area contributed by atoms with Crippen molar-refractivity contribution >= 4 is 17.6 Å². The van der Waals surface area contributed by atoms with Gasteiger partial charge in [-0.25, -0.2) is 4.79 Å². The molecule has 0 aliphatic heterocycles. The van der Waals surface area contributed by atoms with E-state index in [2.05, 4.69) is 10.6 Å². The van der Waals surface area contributed by atoms with Crippen molar-refractivity contribution in [3.8, 4) is 5.75 Å². The van der Waals surface area contributed by atoms with Gasteiger partial charge in [-0.15, -0.1) is 0 Å². The van der Waals surface area contributed by atoms with Crippen LogP contribution in [0, 0.1) is 0 Å². The van der Waals surface area contributed by atoms with Crippen molar-refractivity contribution in [3.05, 3.63) is 28.8 Å². The molecule has 0 fully saturated rings. The van der Waals surface area contributed by atoms with Gasteiger partial charge in [-0.1, -0.05) is 11.6 Å². The summed E-state index contributed by atoms with van der Waals surface area (Å²) in [6.07, 6.45) is 0.684. The van der Waals surface area contributed by atoms with E-state index in [0.29, 0.717) is 24.6 Å². The second-order valence-corrected chi connectivity index (χ2v) is 3.88. The molecule has 1 aromatic rings. The van der Waals surface area contributed by atoms with E-state index >= 15 is 0 Å². The quantitative estimate of drug-likeness (QED) is 0.849. The molecule has 0 saturated heterocycles. The molecule has 1 rings (SSSR count). The Morgan fingerprint density at radius 3 is 2.88 bits per heavy atom. The van der Waals surface area contributed by atoms with Crippen molar-refractivity contribution in [3.63, 3.8) is 0 Å². The van der Waals surface area contributed by atoms with E-state index in [0.717, 1.165) is 11.3 Å². The molecule has 0 aliphatic carbocycles. The van der Waals surface area contributed by atoms with Gasteiger partial charge in [-0.05, 0) is 37.1 Å². The van der Waals surface area contributed by atoms with Gasteiger partial charge in [0.25, 0.3) is 0 Å². The third-order valence-corrected chi connectivity index (χ3v) is 2.46. The van der Waals surface area contributed by atoms with Crippen LogP contribution in [-0.2, 0) is 6.42 Å². The molecule has 4 nitrogen and oxygen atoms in total. The molecule has 94 valence electrons. The molecular formula is C12H17ClN2O2. The Balaban J connectivity index is 2.61. The summed E-state index contributed by atoms with van der Waals surface area (Å²) in [5, 5.41) is 5.89. The SMILES string of the molecule is CCOc1ccc(Cl)cc1CCNC(=O)NC.